The van der Waals surface area contributed by atoms with E-state index in [-0.39, 0.29) is 6.10 Å². The molecule has 5 heteroatoms. The highest BCUT2D eigenvalue weighted by atomic mass is 16.5. The Kier molecular flexibility index (Phi) is 3.11. The summed E-state index contributed by atoms with van der Waals surface area (Å²) in [7, 11) is 1.76. The zero-order valence-corrected chi connectivity index (χ0v) is 10.4. The summed E-state index contributed by atoms with van der Waals surface area (Å²) in [5.41, 5.74) is 0. The van der Waals surface area contributed by atoms with Crippen molar-refractivity contribution in [3.8, 4) is 0 Å². The first-order valence-corrected chi connectivity index (χ1v) is 6.56. The van der Waals surface area contributed by atoms with E-state index >= 15 is 0 Å². The van der Waals surface area contributed by atoms with E-state index in [2.05, 4.69) is 15.1 Å². The summed E-state index contributed by atoms with van der Waals surface area (Å²) < 4.78 is 7.53. The molecule has 1 saturated heterocycles. The van der Waals surface area contributed by atoms with E-state index in [9.17, 15) is 0 Å². The lowest BCUT2D eigenvalue weighted by Crippen LogP contribution is -2.27. The molecule has 5 nitrogen and oxygen atoms in total. The highest BCUT2D eigenvalue weighted by molar-refractivity contribution is 5.05. The molecular formula is C12H20N4O. The molecule has 1 aromatic heterocycles. The Morgan fingerprint density at radius 1 is 1.29 bits per heavy atom. The Balaban J connectivity index is 1.84. The third kappa shape index (κ3) is 2.09. The summed E-state index contributed by atoms with van der Waals surface area (Å²) in [6.07, 6.45) is 4.66. The van der Waals surface area contributed by atoms with E-state index in [1.165, 1.54) is 0 Å². The van der Waals surface area contributed by atoms with Crippen LogP contribution in [0.4, 0.5) is 0 Å². The molecule has 3 heterocycles. The van der Waals surface area contributed by atoms with Gasteiger partial charge >= 0.3 is 0 Å². The van der Waals surface area contributed by atoms with E-state index in [4.69, 9.17) is 9.72 Å². The van der Waals surface area contributed by atoms with Gasteiger partial charge in [0.15, 0.2) is 11.6 Å². The molecule has 2 aliphatic heterocycles. The van der Waals surface area contributed by atoms with Crippen LogP contribution in [0.25, 0.3) is 0 Å². The van der Waals surface area contributed by atoms with Crippen molar-refractivity contribution in [3.63, 3.8) is 0 Å². The Morgan fingerprint density at radius 2 is 2.12 bits per heavy atom. The van der Waals surface area contributed by atoms with Crippen LogP contribution in [0.1, 0.15) is 49.4 Å². The van der Waals surface area contributed by atoms with Gasteiger partial charge in [-0.25, -0.2) is 9.67 Å². The molecular weight excluding hydrogens is 216 g/mol. The minimum absolute atomic E-state index is 0.145. The maximum atomic E-state index is 5.48. The summed E-state index contributed by atoms with van der Waals surface area (Å²) >= 11 is 0. The highest BCUT2D eigenvalue weighted by Crippen LogP contribution is 2.29. The minimum Gasteiger partial charge on any atom is -0.373 e. The molecule has 17 heavy (non-hydrogen) atoms. The Morgan fingerprint density at radius 3 is 2.88 bits per heavy atom. The molecule has 1 fully saturated rings. The molecule has 1 N–H and O–H groups in total. The maximum absolute atomic E-state index is 5.48. The molecule has 1 atom stereocenters. The summed E-state index contributed by atoms with van der Waals surface area (Å²) in [5, 5.41) is 8.05. The molecule has 0 spiro atoms. The minimum atomic E-state index is 0.145. The first kappa shape index (κ1) is 11.2. The molecule has 2 aliphatic rings. The van der Waals surface area contributed by atoms with Gasteiger partial charge in [0.25, 0.3) is 0 Å². The van der Waals surface area contributed by atoms with Crippen molar-refractivity contribution in [1.29, 1.82) is 0 Å². The number of aryl methyl sites for hydroxylation is 1. The van der Waals surface area contributed by atoms with Crippen LogP contribution in [0.15, 0.2) is 0 Å². The van der Waals surface area contributed by atoms with E-state index in [0.717, 1.165) is 57.0 Å². The number of ether oxygens (including phenoxy) is 1. The molecule has 0 radical (unpaired) electrons. The van der Waals surface area contributed by atoms with Gasteiger partial charge in [0.05, 0.1) is 0 Å². The SMILES string of the molecule is COC1CCCn2nc(C3CCNCC3)nc21. The molecule has 0 amide bonds. The summed E-state index contributed by atoms with van der Waals surface area (Å²) in [6, 6.07) is 0. The second-order valence-corrected chi connectivity index (χ2v) is 4.94. The number of aromatic nitrogens is 3. The second-order valence-electron chi connectivity index (χ2n) is 4.94. The zero-order chi connectivity index (χ0) is 11.7. The lowest BCUT2D eigenvalue weighted by molar-refractivity contribution is 0.0697. The van der Waals surface area contributed by atoms with Gasteiger partial charge in [0.1, 0.15) is 6.10 Å². The number of nitrogens with zero attached hydrogens (tertiary/aromatic N) is 3. The van der Waals surface area contributed by atoms with Gasteiger partial charge in [-0.15, -0.1) is 0 Å². The van der Waals surface area contributed by atoms with Gasteiger partial charge in [-0.05, 0) is 38.8 Å². The Labute approximate surface area is 102 Å². The Hall–Kier alpha value is -0.940. The molecule has 94 valence electrons. The quantitative estimate of drug-likeness (QED) is 0.839. The van der Waals surface area contributed by atoms with Gasteiger partial charge in [0.2, 0.25) is 0 Å². The zero-order valence-electron chi connectivity index (χ0n) is 10.4. The fraction of sp³-hybridized carbons (Fsp3) is 0.833. The standard InChI is InChI=1S/C12H20N4O/c1-17-10-3-2-8-16-12(10)14-11(15-16)9-4-6-13-7-5-9/h9-10,13H,2-8H2,1H3. The third-order valence-electron chi connectivity index (χ3n) is 3.83. The largest absolute Gasteiger partial charge is 0.373 e. The van der Waals surface area contributed by atoms with Crippen molar-refractivity contribution in [3.05, 3.63) is 11.6 Å². The van der Waals surface area contributed by atoms with E-state index in [0.29, 0.717) is 5.92 Å². The van der Waals surface area contributed by atoms with Gasteiger partial charge in [-0.1, -0.05) is 0 Å². The first-order chi connectivity index (χ1) is 8.38. The molecule has 0 bridgehead atoms. The molecule has 0 aromatic carbocycles. The van der Waals surface area contributed by atoms with Crippen LogP contribution in [0.5, 0.6) is 0 Å². The van der Waals surface area contributed by atoms with Crippen LogP contribution >= 0.6 is 0 Å². The summed E-state index contributed by atoms with van der Waals surface area (Å²) in [5.74, 6) is 2.60. The van der Waals surface area contributed by atoms with Gasteiger partial charge < -0.3 is 10.1 Å². The maximum Gasteiger partial charge on any atom is 0.156 e. The molecule has 1 aromatic rings. The average molecular weight is 236 g/mol. The number of fused-ring (bicyclic) bond motifs is 1. The van der Waals surface area contributed by atoms with Gasteiger partial charge in [0, 0.05) is 19.6 Å². The van der Waals surface area contributed by atoms with Crippen LogP contribution < -0.4 is 5.32 Å². The van der Waals surface area contributed by atoms with E-state index < -0.39 is 0 Å². The fourth-order valence-electron chi connectivity index (χ4n) is 2.81. The molecule has 0 aliphatic carbocycles. The lowest BCUT2D eigenvalue weighted by Gasteiger charge is -2.20. The van der Waals surface area contributed by atoms with Crippen LogP contribution in [0, 0.1) is 0 Å². The van der Waals surface area contributed by atoms with Crippen molar-refractivity contribution in [1.82, 2.24) is 20.1 Å². The van der Waals surface area contributed by atoms with E-state index in [1.54, 1.807) is 7.11 Å². The number of hydrogen-bond donors (Lipinski definition) is 1. The number of rotatable bonds is 2. The lowest BCUT2D eigenvalue weighted by atomic mass is 9.98. The van der Waals surface area contributed by atoms with Crippen LogP contribution in [0.3, 0.4) is 0 Å². The number of piperidine rings is 1. The average Bonchev–Trinajstić information content (AvgIpc) is 2.83. The predicted octanol–water partition coefficient (Wildman–Crippen LogP) is 1.23. The smallest absolute Gasteiger partial charge is 0.156 e. The monoisotopic (exact) mass is 236 g/mol. The number of methoxy groups -OCH3 is 1. The second kappa shape index (κ2) is 4.74. The normalized spacial score (nSPS) is 25.8. The van der Waals surface area contributed by atoms with Crippen LogP contribution in [-0.4, -0.2) is 35.0 Å². The van der Waals surface area contributed by atoms with Crippen LogP contribution in [-0.2, 0) is 11.3 Å². The molecule has 1 unspecified atom stereocenters. The van der Waals surface area contributed by atoms with Gasteiger partial charge in [-0.3, -0.25) is 0 Å². The summed E-state index contributed by atoms with van der Waals surface area (Å²) in [4.78, 5) is 4.73. The van der Waals surface area contributed by atoms with Crippen molar-refractivity contribution >= 4 is 0 Å². The highest BCUT2D eigenvalue weighted by Gasteiger charge is 2.27. The molecule has 0 saturated carbocycles. The van der Waals surface area contributed by atoms with Crippen molar-refractivity contribution in [2.45, 2.75) is 44.2 Å². The van der Waals surface area contributed by atoms with Crippen molar-refractivity contribution in [2.24, 2.45) is 0 Å². The van der Waals surface area contributed by atoms with E-state index in [1.807, 2.05) is 0 Å². The fourth-order valence-corrected chi connectivity index (χ4v) is 2.81. The summed E-state index contributed by atoms with van der Waals surface area (Å²) in [6.45, 7) is 3.16. The third-order valence-corrected chi connectivity index (χ3v) is 3.83. The van der Waals surface area contributed by atoms with Crippen molar-refractivity contribution in [2.75, 3.05) is 20.2 Å². The predicted molar refractivity (Wildman–Crippen MR) is 63.9 cm³/mol. The number of nitrogens with one attached hydrogen (secondary N) is 1. The van der Waals surface area contributed by atoms with Gasteiger partial charge in [-0.2, -0.15) is 5.10 Å². The van der Waals surface area contributed by atoms with Crippen LogP contribution in [0.2, 0.25) is 0 Å². The Bertz CT molecular complexity index is 384. The first-order valence-electron chi connectivity index (χ1n) is 6.56. The number of hydrogen-bond acceptors (Lipinski definition) is 4. The molecule has 3 rings (SSSR count). The topological polar surface area (TPSA) is 52.0 Å². The van der Waals surface area contributed by atoms with Crippen molar-refractivity contribution < 1.29 is 4.74 Å².